The van der Waals surface area contributed by atoms with E-state index in [1.54, 1.807) is 13.8 Å². The van der Waals surface area contributed by atoms with Gasteiger partial charge in [0.05, 0.1) is 0 Å². The van der Waals surface area contributed by atoms with Gasteiger partial charge in [0.25, 0.3) is 5.91 Å². The number of rotatable bonds is 3. The number of alkyl halides is 3. The summed E-state index contributed by atoms with van der Waals surface area (Å²) in [6.07, 6.45) is -5.57. The van der Waals surface area contributed by atoms with Gasteiger partial charge in [-0.05, 0) is 26.0 Å². The van der Waals surface area contributed by atoms with Crippen molar-refractivity contribution in [1.29, 1.82) is 0 Å². The first-order valence-electron chi connectivity index (χ1n) is 6.15. The summed E-state index contributed by atoms with van der Waals surface area (Å²) >= 11 is 0. The Morgan fingerprint density at radius 3 is 2.60 bits per heavy atom. The maximum atomic E-state index is 12.6. The van der Waals surface area contributed by atoms with Crippen LogP contribution in [-0.4, -0.2) is 29.8 Å². The summed E-state index contributed by atoms with van der Waals surface area (Å²) < 4.78 is 37.8. The molecule has 1 unspecified atom stereocenters. The summed E-state index contributed by atoms with van der Waals surface area (Å²) in [5.41, 5.74) is 1.09. The highest BCUT2D eigenvalue weighted by Gasteiger charge is 2.33. The van der Waals surface area contributed by atoms with E-state index in [0.717, 1.165) is 0 Å². The monoisotopic (exact) mass is 288 g/mol. The van der Waals surface area contributed by atoms with Gasteiger partial charge >= 0.3 is 6.18 Å². The number of carbonyl (C=O) groups is 1. The Balaban J connectivity index is 2.32. The number of carbonyl (C=O) groups excluding carboxylic acids is 1. The molecule has 4 nitrogen and oxygen atoms in total. The van der Waals surface area contributed by atoms with Crippen molar-refractivity contribution in [3.63, 3.8) is 0 Å². The molecule has 1 heterocycles. The molecule has 0 aromatic heterocycles. The normalized spacial score (nSPS) is 18.1. The first-order valence-corrected chi connectivity index (χ1v) is 6.15. The second kappa shape index (κ2) is 4.97. The molecule has 7 heteroatoms. The number of benzene rings is 1. The first kappa shape index (κ1) is 14.6. The van der Waals surface area contributed by atoms with Gasteiger partial charge in [0, 0.05) is 23.0 Å². The Labute approximate surface area is 114 Å². The van der Waals surface area contributed by atoms with Gasteiger partial charge < -0.3 is 15.3 Å². The van der Waals surface area contributed by atoms with E-state index < -0.39 is 24.7 Å². The molecule has 2 rings (SSSR count). The van der Waals surface area contributed by atoms with Gasteiger partial charge in [-0.25, -0.2) is 0 Å². The third-order valence-electron chi connectivity index (χ3n) is 3.14. The van der Waals surface area contributed by atoms with Crippen molar-refractivity contribution < 1.29 is 23.1 Å². The molecule has 0 bridgehead atoms. The van der Waals surface area contributed by atoms with Crippen LogP contribution in [0.2, 0.25) is 0 Å². The average Bonchev–Trinajstić information content (AvgIpc) is 2.60. The van der Waals surface area contributed by atoms with Crippen LogP contribution >= 0.6 is 0 Å². The van der Waals surface area contributed by atoms with E-state index in [2.05, 4.69) is 5.32 Å². The van der Waals surface area contributed by atoms with Crippen LogP contribution < -0.4 is 10.2 Å². The molecule has 0 radical (unpaired) electrons. The van der Waals surface area contributed by atoms with Crippen LogP contribution in [0.5, 0.6) is 0 Å². The summed E-state index contributed by atoms with van der Waals surface area (Å²) in [7, 11) is 0. The van der Waals surface area contributed by atoms with Gasteiger partial charge in [0.1, 0.15) is 6.54 Å². The Kier molecular flexibility index (Phi) is 3.64. The van der Waals surface area contributed by atoms with Crippen molar-refractivity contribution >= 4 is 17.3 Å². The molecular weight excluding hydrogens is 273 g/mol. The number of hydrogen-bond donors (Lipinski definition) is 2. The van der Waals surface area contributed by atoms with Crippen LogP contribution in [0.15, 0.2) is 18.2 Å². The fourth-order valence-electron chi connectivity index (χ4n) is 2.18. The quantitative estimate of drug-likeness (QED) is 0.898. The largest absolute Gasteiger partial charge is 0.405 e. The van der Waals surface area contributed by atoms with Crippen molar-refractivity contribution in [2.24, 2.45) is 0 Å². The number of nitrogens with zero attached hydrogens (tertiary/aromatic N) is 1. The summed E-state index contributed by atoms with van der Waals surface area (Å²) in [5.74, 6) is -0.566. The van der Waals surface area contributed by atoms with E-state index in [1.165, 1.54) is 23.1 Å². The topological polar surface area (TPSA) is 52.6 Å². The van der Waals surface area contributed by atoms with Gasteiger partial charge in [-0.2, -0.15) is 13.2 Å². The van der Waals surface area contributed by atoms with Crippen LogP contribution in [0.1, 0.15) is 25.5 Å². The minimum Gasteiger partial charge on any atom is -0.378 e. The predicted molar refractivity (Wildman–Crippen MR) is 68.6 cm³/mol. The highest BCUT2D eigenvalue weighted by atomic mass is 19.4. The fourth-order valence-corrected chi connectivity index (χ4v) is 2.18. The van der Waals surface area contributed by atoms with E-state index >= 15 is 0 Å². The molecular formula is C13H15F3N2O2. The third kappa shape index (κ3) is 2.87. The molecule has 2 N–H and O–H groups in total. The zero-order chi connectivity index (χ0) is 15.1. The number of fused-ring (bicyclic) bond motifs is 1. The zero-order valence-electron chi connectivity index (χ0n) is 11.0. The van der Waals surface area contributed by atoms with Crippen molar-refractivity contribution in [3.05, 3.63) is 23.8 Å². The van der Waals surface area contributed by atoms with E-state index in [1.807, 2.05) is 0 Å². The number of amides is 1. The fraction of sp³-hybridized carbons (Fsp3) is 0.462. The molecule has 1 aliphatic heterocycles. The molecule has 1 atom stereocenters. The minimum atomic E-state index is -4.31. The summed E-state index contributed by atoms with van der Waals surface area (Å²) in [5, 5.41) is 12.0. The molecule has 110 valence electrons. The second-order valence-corrected chi connectivity index (χ2v) is 5.00. The maximum absolute atomic E-state index is 12.6. The van der Waals surface area contributed by atoms with Crippen molar-refractivity contribution in [2.75, 3.05) is 16.8 Å². The Morgan fingerprint density at radius 1 is 1.40 bits per heavy atom. The number of halogens is 3. The van der Waals surface area contributed by atoms with Crippen molar-refractivity contribution in [2.45, 2.75) is 32.2 Å². The first-order chi connectivity index (χ1) is 9.19. The lowest BCUT2D eigenvalue weighted by atomic mass is 10.1. The number of anilines is 2. The summed E-state index contributed by atoms with van der Waals surface area (Å²) in [6.45, 7) is 2.25. The van der Waals surface area contributed by atoms with E-state index in [0.29, 0.717) is 16.9 Å². The lowest BCUT2D eigenvalue weighted by Gasteiger charge is -2.30. The third-order valence-corrected chi connectivity index (χ3v) is 3.14. The second-order valence-electron chi connectivity index (χ2n) is 5.00. The average molecular weight is 288 g/mol. The molecule has 0 aliphatic carbocycles. The highest BCUT2D eigenvalue weighted by molar-refractivity contribution is 6.02. The standard InChI is InChI=1S/C13H15F3N2O2/c1-7(2)18(6-13(14,15)16)8-3-4-9-10(5-8)17-12(20)11(9)19/h3-5,7,11,19H,6H2,1-2H3,(H,17,20). The number of aliphatic hydroxyl groups is 1. The Hall–Kier alpha value is -1.76. The lowest BCUT2D eigenvalue weighted by Crippen LogP contribution is -2.39. The zero-order valence-corrected chi connectivity index (χ0v) is 11.0. The minimum absolute atomic E-state index is 0.350. The predicted octanol–water partition coefficient (Wildman–Crippen LogP) is 2.45. The number of nitrogens with one attached hydrogen (secondary N) is 1. The smallest absolute Gasteiger partial charge is 0.378 e. The SMILES string of the molecule is CC(C)N(CC(F)(F)F)c1ccc2c(c1)NC(=O)C2O. The molecule has 0 fully saturated rings. The van der Waals surface area contributed by atoms with Crippen LogP contribution in [0.3, 0.4) is 0 Å². The maximum Gasteiger partial charge on any atom is 0.405 e. The van der Waals surface area contributed by atoms with Crippen LogP contribution in [0, 0.1) is 0 Å². The number of hydrogen-bond acceptors (Lipinski definition) is 3. The van der Waals surface area contributed by atoms with Crippen molar-refractivity contribution in [1.82, 2.24) is 0 Å². The van der Waals surface area contributed by atoms with Crippen molar-refractivity contribution in [3.8, 4) is 0 Å². The Bertz CT molecular complexity index is 529. The van der Waals surface area contributed by atoms with E-state index in [-0.39, 0.29) is 6.04 Å². The lowest BCUT2D eigenvalue weighted by molar-refractivity contribution is -0.123. The molecule has 1 amide bonds. The molecule has 0 saturated carbocycles. The molecule has 1 aliphatic rings. The number of aliphatic hydroxyl groups excluding tert-OH is 1. The molecule has 1 aromatic rings. The van der Waals surface area contributed by atoms with E-state index in [9.17, 15) is 23.1 Å². The highest BCUT2D eigenvalue weighted by Crippen LogP contribution is 2.35. The van der Waals surface area contributed by atoms with Gasteiger partial charge in [-0.15, -0.1) is 0 Å². The van der Waals surface area contributed by atoms with Crippen LogP contribution in [-0.2, 0) is 4.79 Å². The van der Waals surface area contributed by atoms with Gasteiger partial charge in [0.2, 0.25) is 0 Å². The van der Waals surface area contributed by atoms with Gasteiger partial charge in [-0.1, -0.05) is 6.07 Å². The molecule has 20 heavy (non-hydrogen) atoms. The van der Waals surface area contributed by atoms with Crippen LogP contribution in [0.25, 0.3) is 0 Å². The van der Waals surface area contributed by atoms with Gasteiger partial charge in [0.15, 0.2) is 6.10 Å². The molecule has 1 aromatic carbocycles. The van der Waals surface area contributed by atoms with E-state index in [4.69, 9.17) is 0 Å². The van der Waals surface area contributed by atoms with Crippen LogP contribution in [0.4, 0.5) is 24.5 Å². The van der Waals surface area contributed by atoms with Gasteiger partial charge in [-0.3, -0.25) is 4.79 Å². The summed E-state index contributed by atoms with van der Waals surface area (Å²) in [4.78, 5) is 12.5. The molecule has 0 spiro atoms. The Morgan fingerprint density at radius 2 is 2.05 bits per heavy atom. The molecule has 0 saturated heterocycles. The summed E-state index contributed by atoms with van der Waals surface area (Å²) in [6, 6.07) is 4.05.